The number of aliphatic hydroxyl groups excluding tert-OH is 1. The van der Waals surface area contributed by atoms with Gasteiger partial charge in [0, 0.05) is 19.2 Å². The van der Waals surface area contributed by atoms with Gasteiger partial charge in [-0.05, 0) is 30.9 Å². The van der Waals surface area contributed by atoms with Crippen molar-refractivity contribution in [3.8, 4) is 0 Å². The molecule has 5 nitrogen and oxygen atoms in total. The minimum absolute atomic E-state index is 0.286. The van der Waals surface area contributed by atoms with Crippen molar-refractivity contribution in [3.05, 3.63) is 6.07 Å². The maximum absolute atomic E-state index is 9.41. The maximum Gasteiger partial charge on any atom is 0.191 e. The summed E-state index contributed by atoms with van der Waals surface area (Å²) in [6, 6.07) is 1.76. The predicted octanol–water partition coefficient (Wildman–Crippen LogP) is 1.99. The highest BCUT2D eigenvalue weighted by atomic mass is 32.2. The van der Waals surface area contributed by atoms with Gasteiger partial charge < -0.3 is 16.2 Å². The van der Waals surface area contributed by atoms with Gasteiger partial charge in [0.25, 0.3) is 0 Å². The average Bonchev–Trinajstić information content (AvgIpc) is 2.44. The first-order valence-electron chi connectivity index (χ1n) is 6.76. The molecule has 106 valence electrons. The van der Waals surface area contributed by atoms with E-state index in [0.29, 0.717) is 22.8 Å². The van der Waals surface area contributed by atoms with E-state index in [1.54, 1.807) is 6.07 Å². The number of nitrogens with two attached hydrogens (primary N) is 1. The molecule has 0 aromatic carbocycles. The van der Waals surface area contributed by atoms with Crippen molar-refractivity contribution < 1.29 is 5.11 Å². The normalized spacial score (nSPS) is 23.3. The van der Waals surface area contributed by atoms with Crippen LogP contribution in [-0.4, -0.2) is 34.5 Å². The summed E-state index contributed by atoms with van der Waals surface area (Å²) in [6.45, 7) is 1.13. The molecule has 1 aliphatic rings. The molecule has 2 rings (SSSR count). The molecule has 2 unspecified atom stereocenters. The van der Waals surface area contributed by atoms with Crippen LogP contribution in [0.15, 0.2) is 11.2 Å². The third kappa shape index (κ3) is 3.98. The summed E-state index contributed by atoms with van der Waals surface area (Å²) in [5.74, 6) is 2.21. The van der Waals surface area contributed by atoms with Crippen molar-refractivity contribution in [2.24, 2.45) is 11.8 Å². The van der Waals surface area contributed by atoms with E-state index in [0.717, 1.165) is 18.8 Å². The first-order chi connectivity index (χ1) is 9.22. The molecule has 1 heterocycles. The number of nitrogens with zero attached hydrogens (tertiary/aromatic N) is 2. The minimum atomic E-state index is 0.286. The average molecular weight is 282 g/mol. The quantitative estimate of drug-likeness (QED) is 0.566. The molecular weight excluding hydrogens is 260 g/mol. The Morgan fingerprint density at radius 2 is 2.11 bits per heavy atom. The van der Waals surface area contributed by atoms with Crippen molar-refractivity contribution >= 4 is 23.4 Å². The molecule has 0 radical (unpaired) electrons. The third-order valence-corrected chi connectivity index (χ3v) is 4.30. The van der Waals surface area contributed by atoms with Crippen LogP contribution in [-0.2, 0) is 0 Å². The molecule has 2 atom stereocenters. The van der Waals surface area contributed by atoms with E-state index in [1.165, 1.54) is 31.0 Å². The van der Waals surface area contributed by atoms with E-state index in [2.05, 4.69) is 15.3 Å². The van der Waals surface area contributed by atoms with E-state index < -0.39 is 0 Å². The van der Waals surface area contributed by atoms with Gasteiger partial charge in [0.2, 0.25) is 0 Å². The number of hydrogen-bond donors (Lipinski definition) is 3. The summed E-state index contributed by atoms with van der Waals surface area (Å²) in [6.07, 6.45) is 6.73. The Morgan fingerprint density at radius 1 is 1.37 bits per heavy atom. The van der Waals surface area contributed by atoms with Gasteiger partial charge in [0.05, 0.1) is 0 Å². The standard InChI is InChI=1S/C13H22N4OS/c1-19-13-16-11(14)6-12(17-13)15-7-9-4-2-3-5-10(9)8-18/h6,9-10,18H,2-5,7-8H2,1H3,(H3,14,15,16,17). The first kappa shape index (κ1) is 14.4. The molecule has 0 aliphatic heterocycles. The van der Waals surface area contributed by atoms with Crippen molar-refractivity contribution in [2.45, 2.75) is 30.8 Å². The second-order valence-electron chi connectivity index (χ2n) is 5.03. The van der Waals surface area contributed by atoms with Gasteiger partial charge in [0.15, 0.2) is 5.16 Å². The lowest BCUT2D eigenvalue weighted by Crippen LogP contribution is -2.28. The van der Waals surface area contributed by atoms with Crippen LogP contribution in [0.25, 0.3) is 0 Å². The smallest absolute Gasteiger partial charge is 0.191 e. The monoisotopic (exact) mass is 282 g/mol. The molecule has 1 saturated carbocycles. The van der Waals surface area contributed by atoms with Crippen molar-refractivity contribution in [1.82, 2.24) is 9.97 Å². The number of nitrogens with one attached hydrogen (secondary N) is 1. The Kier molecular flexibility index (Phi) is 5.27. The number of anilines is 2. The fourth-order valence-electron chi connectivity index (χ4n) is 2.65. The SMILES string of the molecule is CSc1nc(N)cc(NCC2CCCCC2CO)n1. The number of nitrogen functional groups attached to an aromatic ring is 1. The highest BCUT2D eigenvalue weighted by Crippen LogP contribution is 2.29. The number of aliphatic hydroxyl groups is 1. The summed E-state index contributed by atoms with van der Waals surface area (Å²) in [4.78, 5) is 8.51. The zero-order valence-corrected chi connectivity index (χ0v) is 12.1. The van der Waals surface area contributed by atoms with Crippen LogP contribution < -0.4 is 11.1 Å². The van der Waals surface area contributed by atoms with Gasteiger partial charge in [0.1, 0.15) is 11.6 Å². The van der Waals surface area contributed by atoms with Crippen molar-refractivity contribution in [2.75, 3.05) is 30.5 Å². The molecular formula is C13H22N4OS. The first-order valence-corrected chi connectivity index (χ1v) is 7.98. The topological polar surface area (TPSA) is 84.1 Å². The van der Waals surface area contributed by atoms with Crippen LogP contribution in [0.4, 0.5) is 11.6 Å². The van der Waals surface area contributed by atoms with E-state index in [-0.39, 0.29) is 6.61 Å². The van der Waals surface area contributed by atoms with Gasteiger partial charge in [-0.1, -0.05) is 24.6 Å². The number of aromatic nitrogens is 2. The zero-order chi connectivity index (χ0) is 13.7. The van der Waals surface area contributed by atoms with Crippen LogP contribution in [0.2, 0.25) is 0 Å². The van der Waals surface area contributed by atoms with Crippen LogP contribution in [0.3, 0.4) is 0 Å². The Labute approximate surface area is 118 Å². The predicted molar refractivity (Wildman–Crippen MR) is 79.2 cm³/mol. The lowest BCUT2D eigenvalue weighted by Gasteiger charge is -2.30. The summed E-state index contributed by atoms with van der Waals surface area (Å²) in [5, 5.41) is 13.4. The molecule has 1 aromatic rings. The molecule has 1 aromatic heterocycles. The van der Waals surface area contributed by atoms with E-state index in [4.69, 9.17) is 5.73 Å². The number of rotatable bonds is 5. The van der Waals surface area contributed by atoms with Gasteiger partial charge in [-0.25, -0.2) is 9.97 Å². The molecule has 0 bridgehead atoms. The van der Waals surface area contributed by atoms with E-state index in [9.17, 15) is 5.11 Å². The molecule has 0 saturated heterocycles. The van der Waals surface area contributed by atoms with Crippen molar-refractivity contribution in [3.63, 3.8) is 0 Å². The third-order valence-electron chi connectivity index (χ3n) is 3.75. The molecule has 6 heteroatoms. The molecule has 0 amide bonds. The van der Waals surface area contributed by atoms with Gasteiger partial charge >= 0.3 is 0 Å². The zero-order valence-electron chi connectivity index (χ0n) is 11.3. The highest BCUT2D eigenvalue weighted by Gasteiger charge is 2.24. The maximum atomic E-state index is 9.41. The largest absolute Gasteiger partial charge is 0.396 e. The van der Waals surface area contributed by atoms with Crippen molar-refractivity contribution in [1.29, 1.82) is 0 Å². The van der Waals surface area contributed by atoms with Crippen LogP contribution in [0.1, 0.15) is 25.7 Å². The Hall–Kier alpha value is -1.01. The number of hydrogen-bond acceptors (Lipinski definition) is 6. The highest BCUT2D eigenvalue weighted by molar-refractivity contribution is 7.98. The molecule has 19 heavy (non-hydrogen) atoms. The molecule has 4 N–H and O–H groups in total. The van der Waals surface area contributed by atoms with Crippen LogP contribution >= 0.6 is 11.8 Å². The second-order valence-corrected chi connectivity index (χ2v) is 5.81. The molecule has 0 spiro atoms. The summed E-state index contributed by atoms with van der Waals surface area (Å²) < 4.78 is 0. The fourth-order valence-corrected chi connectivity index (χ4v) is 3.04. The summed E-state index contributed by atoms with van der Waals surface area (Å²) >= 11 is 1.48. The Bertz CT molecular complexity index is 416. The Morgan fingerprint density at radius 3 is 2.79 bits per heavy atom. The summed E-state index contributed by atoms with van der Waals surface area (Å²) in [7, 11) is 0. The lowest BCUT2D eigenvalue weighted by atomic mass is 9.79. The molecule has 1 fully saturated rings. The fraction of sp³-hybridized carbons (Fsp3) is 0.692. The second kappa shape index (κ2) is 6.96. The number of thioether (sulfide) groups is 1. The van der Waals surface area contributed by atoms with Gasteiger partial charge in [-0.3, -0.25) is 0 Å². The van der Waals surface area contributed by atoms with Gasteiger partial charge in [-0.2, -0.15) is 0 Å². The van der Waals surface area contributed by atoms with Crippen LogP contribution in [0.5, 0.6) is 0 Å². The molecule has 1 aliphatic carbocycles. The Balaban J connectivity index is 1.95. The van der Waals surface area contributed by atoms with E-state index in [1.807, 2.05) is 6.26 Å². The van der Waals surface area contributed by atoms with E-state index >= 15 is 0 Å². The van der Waals surface area contributed by atoms with Gasteiger partial charge in [-0.15, -0.1) is 0 Å². The summed E-state index contributed by atoms with van der Waals surface area (Å²) in [5.41, 5.74) is 5.75. The minimum Gasteiger partial charge on any atom is -0.396 e. The lowest BCUT2D eigenvalue weighted by molar-refractivity contribution is 0.141. The van der Waals surface area contributed by atoms with Crippen LogP contribution in [0, 0.1) is 11.8 Å².